The lowest BCUT2D eigenvalue weighted by atomic mass is 10.3. The van der Waals surface area contributed by atoms with E-state index in [1.807, 2.05) is 18.2 Å². The third-order valence-electron chi connectivity index (χ3n) is 3.73. The Morgan fingerprint density at radius 1 is 0.867 bits per heavy atom. The summed E-state index contributed by atoms with van der Waals surface area (Å²) in [6.45, 7) is -0.613. The molecule has 0 atom stereocenters. The van der Waals surface area contributed by atoms with E-state index in [1.165, 1.54) is 6.07 Å². The number of thiophene rings is 1. The third kappa shape index (κ3) is 6.41. The van der Waals surface area contributed by atoms with Crippen LogP contribution < -0.4 is 20.1 Å². The monoisotopic (exact) mass is 445 g/mol. The second-order valence-corrected chi connectivity index (χ2v) is 8.98. The molecule has 0 aliphatic carbocycles. The van der Waals surface area contributed by atoms with E-state index >= 15 is 0 Å². The molecule has 0 aliphatic rings. The highest BCUT2D eigenvalue weighted by Gasteiger charge is 2.16. The van der Waals surface area contributed by atoms with Crippen LogP contribution in [-0.2, 0) is 19.6 Å². The summed E-state index contributed by atoms with van der Waals surface area (Å²) >= 11 is 1.06. The van der Waals surface area contributed by atoms with Gasteiger partial charge in [-0.05, 0) is 35.7 Å². The molecular formula is C20H19N3O5S2. The van der Waals surface area contributed by atoms with E-state index in [4.69, 9.17) is 4.74 Å². The van der Waals surface area contributed by atoms with E-state index in [2.05, 4.69) is 15.4 Å². The van der Waals surface area contributed by atoms with E-state index in [-0.39, 0.29) is 16.7 Å². The number of ether oxygens (including phenoxy) is 1. The number of benzene rings is 2. The standard InChI is InChI=1S/C20H19N3O5S2/c24-18(13-21-30(26,27)20-10-5-11-29-20)23-16-8-4-9-17(12-16)28-14-19(25)22-15-6-2-1-3-7-15/h1-12,21H,13-14H2,(H,22,25)(H,23,24). The Balaban J connectivity index is 1.48. The first-order chi connectivity index (χ1) is 14.4. The zero-order valence-corrected chi connectivity index (χ0v) is 17.3. The quantitative estimate of drug-likeness (QED) is 0.469. The molecule has 1 aromatic heterocycles. The SMILES string of the molecule is O=C(CNS(=O)(=O)c1cccs1)Nc1cccc(OCC(=O)Nc2ccccc2)c1. The van der Waals surface area contributed by atoms with Crippen LogP contribution in [0.15, 0.2) is 76.3 Å². The summed E-state index contributed by atoms with van der Waals surface area (Å²) in [5, 5.41) is 6.93. The van der Waals surface area contributed by atoms with Gasteiger partial charge in [-0.2, -0.15) is 0 Å². The number of hydrogen-bond donors (Lipinski definition) is 3. The highest BCUT2D eigenvalue weighted by molar-refractivity contribution is 7.91. The van der Waals surface area contributed by atoms with Gasteiger partial charge in [-0.1, -0.05) is 30.3 Å². The van der Waals surface area contributed by atoms with Gasteiger partial charge in [0.2, 0.25) is 5.91 Å². The Morgan fingerprint density at radius 3 is 2.33 bits per heavy atom. The summed E-state index contributed by atoms with van der Waals surface area (Å²) in [6, 6.07) is 18.5. The first-order valence-corrected chi connectivity index (χ1v) is 11.2. The minimum Gasteiger partial charge on any atom is -0.484 e. The number of para-hydroxylation sites is 1. The second kappa shape index (κ2) is 10.0. The van der Waals surface area contributed by atoms with Crippen LogP contribution in [0.2, 0.25) is 0 Å². The summed E-state index contributed by atoms with van der Waals surface area (Å²) < 4.78 is 31.9. The molecule has 1 heterocycles. The molecule has 30 heavy (non-hydrogen) atoms. The molecule has 8 nitrogen and oxygen atoms in total. The fourth-order valence-corrected chi connectivity index (χ4v) is 4.40. The maximum Gasteiger partial charge on any atom is 0.262 e. The maximum absolute atomic E-state index is 12.1. The predicted molar refractivity (Wildman–Crippen MR) is 115 cm³/mol. The van der Waals surface area contributed by atoms with Crippen molar-refractivity contribution in [3.63, 3.8) is 0 Å². The van der Waals surface area contributed by atoms with Gasteiger partial charge in [0.25, 0.3) is 15.9 Å². The molecule has 156 valence electrons. The van der Waals surface area contributed by atoms with Gasteiger partial charge in [-0.3, -0.25) is 9.59 Å². The second-order valence-electron chi connectivity index (χ2n) is 6.04. The van der Waals surface area contributed by atoms with Gasteiger partial charge in [0.15, 0.2) is 6.61 Å². The van der Waals surface area contributed by atoms with Crippen LogP contribution in [0.5, 0.6) is 5.75 Å². The fourth-order valence-electron chi connectivity index (χ4n) is 2.38. The normalized spacial score (nSPS) is 10.9. The molecule has 0 spiro atoms. The first kappa shape index (κ1) is 21.5. The van der Waals surface area contributed by atoms with Crippen molar-refractivity contribution in [3.05, 3.63) is 72.1 Å². The average molecular weight is 446 g/mol. The summed E-state index contributed by atoms with van der Waals surface area (Å²) in [6.07, 6.45) is 0. The molecule has 10 heteroatoms. The lowest BCUT2D eigenvalue weighted by molar-refractivity contribution is -0.118. The van der Waals surface area contributed by atoms with Crippen molar-refractivity contribution >= 4 is 44.5 Å². The molecule has 3 N–H and O–H groups in total. The Bertz CT molecular complexity index is 1100. The highest BCUT2D eigenvalue weighted by Crippen LogP contribution is 2.18. The van der Waals surface area contributed by atoms with Crippen molar-refractivity contribution in [1.29, 1.82) is 0 Å². The van der Waals surface area contributed by atoms with E-state index in [0.717, 1.165) is 11.3 Å². The maximum atomic E-state index is 12.1. The van der Waals surface area contributed by atoms with Gasteiger partial charge in [0.1, 0.15) is 9.96 Å². The summed E-state index contributed by atoms with van der Waals surface area (Å²) in [4.78, 5) is 24.0. The summed E-state index contributed by atoms with van der Waals surface area (Å²) in [5.74, 6) is -0.470. The molecule has 3 rings (SSSR count). The van der Waals surface area contributed by atoms with Crippen LogP contribution in [0.25, 0.3) is 0 Å². The average Bonchev–Trinajstić information content (AvgIpc) is 3.28. The lowest BCUT2D eigenvalue weighted by Crippen LogP contribution is -2.32. The predicted octanol–water partition coefficient (Wildman–Crippen LogP) is 2.68. The molecule has 0 unspecified atom stereocenters. The van der Waals surface area contributed by atoms with E-state index in [9.17, 15) is 18.0 Å². The van der Waals surface area contributed by atoms with Crippen LogP contribution in [0.4, 0.5) is 11.4 Å². The van der Waals surface area contributed by atoms with E-state index in [1.54, 1.807) is 47.8 Å². The number of hydrogen-bond acceptors (Lipinski definition) is 6. The lowest BCUT2D eigenvalue weighted by Gasteiger charge is -2.10. The molecule has 0 fully saturated rings. The number of nitrogens with one attached hydrogen (secondary N) is 3. The number of carbonyl (C=O) groups is 2. The van der Waals surface area contributed by atoms with Gasteiger partial charge in [0.05, 0.1) is 6.54 Å². The highest BCUT2D eigenvalue weighted by atomic mass is 32.2. The van der Waals surface area contributed by atoms with Crippen molar-refractivity contribution in [2.45, 2.75) is 4.21 Å². The number of rotatable bonds is 9. The fraction of sp³-hybridized carbons (Fsp3) is 0.100. The molecule has 0 saturated carbocycles. The number of amides is 2. The molecule has 0 saturated heterocycles. The third-order valence-corrected chi connectivity index (χ3v) is 6.53. The van der Waals surface area contributed by atoms with Gasteiger partial charge >= 0.3 is 0 Å². The van der Waals surface area contributed by atoms with Crippen LogP contribution in [0, 0.1) is 0 Å². The van der Waals surface area contributed by atoms with Gasteiger partial charge in [0, 0.05) is 17.4 Å². The molecule has 0 radical (unpaired) electrons. The Hall–Kier alpha value is -3.21. The minimum absolute atomic E-state index is 0.138. The van der Waals surface area contributed by atoms with Crippen LogP contribution >= 0.6 is 11.3 Å². The molecule has 0 bridgehead atoms. The van der Waals surface area contributed by atoms with Crippen LogP contribution in [0.1, 0.15) is 0 Å². The Labute approximate surface area is 177 Å². The van der Waals surface area contributed by atoms with Crippen molar-refractivity contribution in [2.75, 3.05) is 23.8 Å². The van der Waals surface area contributed by atoms with Gasteiger partial charge in [-0.15, -0.1) is 11.3 Å². The molecule has 0 aliphatic heterocycles. The van der Waals surface area contributed by atoms with Crippen molar-refractivity contribution in [2.24, 2.45) is 0 Å². The number of anilines is 2. The van der Waals surface area contributed by atoms with Gasteiger partial charge < -0.3 is 15.4 Å². The molecular weight excluding hydrogens is 426 g/mol. The molecule has 2 aromatic carbocycles. The summed E-state index contributed by atoms with van der Waals surface area (Å²) in [5.41, 5.74) is 1.08. The molecule has 3 aromatic rings. The van der Waals surface area contributed by atoms with Crippen molar-refractivity contribution < 1.29 is 22.7 Å². The van der Waals surface area contributed by atoms with Crippen molar-refractivity contribution in [3.8, 4) is 5.75 Å². The largest absolute Gasteiger partial charge is 0.484 e. The van der Waals surface area contributed by atoms with Crippen LogP contribution in [0.3, 0.4) is 0 Å². The smallest absolute Gasteiger partial charge is 0.262 e. The van der Waals surface area contributed by atoms with Crippen LogP contribution in [-0.4, -0.2) is 33.4 Å². The zero-order valence-electron chi connectivity index (χ0n) is 15.7. The molecule has 2 amide bonds. The van der Waals surface area contributed by atoms with Gasteiger partial charge in [-0.25, -0.2) is 13.1 Å². The minimum atomic E-state index is -3.72. The van der Waals surface area contributed by atoms with Crippen molar-refractivity contribution in [1.82, 2.24) is 4.72 Å². The Kier molecular flexibility index (Phi) is 7.17. The summed E-state index contributed by atoms with van der Waals surface area (Å²) in [7, 11) is -3.72. The Morgan fingerprint density at radius 2 is 1.60 bits per heavy atom. The van der Waals surface area contributed by atoms with E-state index in [0.29, 0.717) is 17.1 Å². The zero-order chi connectivity index (χ0) is 21.4. The number of carbonyl (C=O) groups excluding carboxylic acids is 2. The first-order valence-electron chi connectivity index (χ1n) is 8.83. The number of sulfonamides is 1. The van der Waals surface area contributed by atoms with E-state index < -0.39 is 22.5 Å². The topological polar surface area (TPSA) is 114 Å².